The number of halogens is 2. The van der Waals surface area contributed by atoms with E-state index in [0.29, 0.717) is 58.8 Å². The van der Waals surface area contributed by atoms with Crippen LogP contribution in [0.1, 0.15) is 40.9 Å². The van der Waals surface area contributed by atoms with E-state index in [-0.39, 0.29) is 18.1 Å². The molecule has 0 radical (unpaired) electrons. The summed E-state index contributed by atoms with van der Waals surface area (Å²) in [6.07, 6.45) is 1.70. The molecule has 0 aliphatic heterocycles. The number of amides is 1. The maximum Gasteiger partial charge on any atom is 0.303 e. The molecule has 0 bridgehead atoms. The second kappa shape index (κ2) is 11.1. The maximum absolute atomic E-state index is 13.5. The van der Waals surface area contributed by atoms with Gasteiger partial charge in [-0.3, -0.25) is 9.59 Å². The van der Waals surface area contributed by atoms with Gasteiger partial charge < -0.3 is 10.4 Å². The summed E-state index contributed by atoms with van der Waals surface area (Å²) in [5.41, 5.74) is 4.50. The van der Waals surface area contributed by atoms with Gasteiger partial charge >= 0.3 is 5.97 Å². The van der Waals surface area contributed by atoms with Crippen molar-refractivity contribution in [2.45, 2.75) is 32.2 Å². The predicted octanol–water partition coefficient (Wildman–Crippen LogP) is 5.82. The molecule has 3 aromatic carbocycles. The molecule has 0 aliphatic rings. The summed E-state index contributed by atoms with van der Waals surface area (Å²) in [5, 5.41) is 12.4. The lowest BCUT2D eigenvalue weighted by molar-refractivity contribution is -0.137. The number of nitrogens with zero attached hydrogens (tertiary/aromatic N) is 2. The summed E-state index contributed by atoms with van der Waals surface area (Å²) < 4.78 is 13.5. The number of rotatable bonds is 9. The Morgan fingerprint density at radius 2 is 1.74 bits per heavy atom. The Balaban J connectivity index is 1.60. The Morgan fingerprint density at radius 1 is 0.943 bits per heavy atom. The van der Waals surface area contributed by atoms with Crippen LogP contribution >= 0.6 is 11.6 Å². The molecule has 4 rings (SSSR count). The van der Waals surface area contributed by atoms with Gasteiger partial charge in [-0.1, -0.05) is 23.7 Å². The number of carbonyl (C=O) groups is 2. The van der Waals surface area contributed by atoms with Crippen LogP contribution in [0.25, 0.3) is 22.3 Å². The summed E-state index contributed by atoms with van der Waals surface area (Å²) in [6, 6.07) is 18.4. The van der Waals surface area contributed by atoms with Gasteiger partial charge in [0.1, 0.15) is 5.82 Å². The van der Waals surface area contributed by atoms with Crippen molar-refractivity contribution in [1.29, 1.82) is 0 Å². The van der Waals surface area contributed by atoms with Gasteiger partial charge in [0.25, 0.3) is 5.91 Å². The highest BCUT2D eigenvalue weighted by Crippen LogP contribution is 2.26. The zero-order valence-electron chi connectivity index (χ0n) is 18.8. The van der Waals surface area contributed by atoms with Crippen LogP contribution < -0.4 is 5.32 Å². The molecular weight excluding hydrogens is 469 g/mol. The first-order chi connectivity index (χ1) is 16.9. The van der Waals surface area contributed by atoms with E-state index in [1.807, 2.05) is 12.1 Å². The van der Waals surface area contributed by atoms with Crippen molar-refractivity contribution in [2.75, 3.05) is 0 Å². The zero-order chi connectivity index (χ0) is 24.8. The van der Waals surface area contributed by atoms with Gasteiger partial charge in [0, 0.05) is 29.1 Å². The number of nitrogens with one attached hydrogen (secondary N) is 1. The van der Waals surface area contributed by atoms with Crippen LogP contribution in [-0.4, -0.2) is 27.0 Å². The first kappa shape index (κ1) is 24.3. The number of carbonyl (C=O) groups excluding carboxylic acids is 1. The molecule has 0 saturated heterocycles. The predicted molar refractivity (Wildman–Crippen MR) is 133 cm³/mol. The summed E-state index contributed by atoms with van der Waals surface area (Å²) >= 11 is 6.01. The number of hydrogen-bond donors (Lipinski definition) is 2. The van der Waals surface area contributed by atoms with Crippen molar-refractivity contribution in [1.82, 2.24) is 15.3 Å². The molecule has 4 aromatic rings. The van der Waals surface area contributed by atoms with E-state index in [1.165, 1.54) is 12.1 Å². The molecule has 0 saturated carbocycles. The van der Waals surface area contributed by atoms with E-state index in [4.69, 9.17) is 26.7 Å². The third-order valence-corrected chi connectivity index (χ3v) is 5.75. The molecule has 0 fully saturated rings. The molecule has 1 heterocycles. The van der Waals surface area contributed by atoms with Crippen LogP contribution in [0.4, 0.5) is 4.39 Å². The number of carboxylic acid groups (broad SMARTS) is 1. The normalized spacial score (nSPS) is 10.9. The molecule has 0 aliphatic carbocycles. The average Bonchev–Trinajstić information content (AvgIpc) is 2.85. The zero-order valence-corrected chi connectivity index (χ0v) is 19.6. The largest absolute Gasteiger partial charge is 0.481 e. The van der Waals surface area contributed by atoms with Gasteiger partial charge in [0.05, 0.1) is 22.4 Å². The lowest BCUT2D eigenvalue weighted by Crippen LogP contribution is -2.22. The van der Waals surface area contributed by atoms with Crippen LogP contribution in [-0.2, 0) is 17.8 Å². The van der Waals surface area contributed by atoms with Crippen molar-refractivity contribution in [2.24, 2.45) is 0 Å². The van der Waals surface area contributed by atoms with E-state index in [1.54, 1.807) is 42.5 Å². The first-order valence-electron chi connectivity index (χ1n) is 11.2. The summed E-state index contributed by atoms with van der Waals surface area (Å²) in [7, 11) is 0. The molecule has 6 nitrogen and oxygen atoms in total. The molecular formula is C27H23ClFN3O3. The Labute approximate surface area is 206 Å². The van der Waals surface area contributed by atoms with Crippen LogP contribution in [0.5, 0.6) is 0 Å². The van der Waals surface area contributed by atoms with Gasteiger partial charge in [0.2, 0.25) is 0 Å². The smallest absolute Gasteiger partial charge is 0.303 e. The number of fused-ring (bicyclic) bond motifs is 1. The summed E-state index contributed by atoms with van der Waals surface area (Å²) in [4.78, 5) is 33.1. The SMILES string of the molecule is O=C(O)CCCCc1nc2cc(C(=O)NCc3cccc(Cl)c3)ccc2nc1-c1ccc(F)cc1. The number of unbranched alkanes of at least 4 members (excludes halogenated alkanes) is 1. The van der Waals surface area contributed by atoms with Gasteiger partial charge in [-0.05, 0) is 79.4 Å². The highest BCUT2D eigenvalue weighted by Gasteiger charge is 2.14. The molecule has 2 N–H and O–H groups in total. The van der Waals surface area contributed by atoms with Crippen LogP contribution in [0, 0.1) is 5.82 Å². The monoisotopic (exact) mass is 491 g/mol. The Bertz CT molecular complexity index is 1380. The number of aryl methyl sites for hydroxylation is 1. The second-order valence-electron chi connectivity index (χ2n) is 8.14. The molecule has 0 atom stereocenters. The van der Waals surface area contributed by atoms with Crippen molar-refractivity contribution >= 4 is 34.5 Å². The third-order valence-electron chi connectivity index (χ3n) is 5.51. The highest BCUT2D eigenvalue weighted by molar-refractivity contribution is 6.30. The standard InChI is InChI=1S/C27H23ClFN3O3/c28-20-5-3-4-17(14-20)16-30-27(35)19-10-13-22-24(15-19)31-23(6-1-2-7-25(33)34)26(32-22)18-8-11-21(29)12-9-18/h3-5,8-15H,1-2,6-7,16H2,(H,30,35)(H,33,34). The first-order valence-corrected chi connectivity index (χ1v) is 11.6. The maximum atomic E-state index is 13.5. The Morgan fingerprint density at radius 3 is 2.49 bits per heavy atom. The minimum Gasteiger partial charge on any atom is -0.481 e. The van der Waals surface area contributed by atoms with Crippen LogP contribution in [0.3, 0.4) is 0 Å². The van der Waals surface area contributed by atoms with Gasteiger partial charge in [-0.2, -0.15) is 0 Å². The van der Waals surface area contributed by atoms with E-state index >= 15 is 0 Å². The topological polar surface area (TPSA) is 92.2 Å². The summed E-state index contributed by atoms with van der Waals surface area (Å²) in [6.45, 7) is 0.335. The quantitative estimate of drug-likeness (QED) is 0.288. The number of aliphatic carboxylic acids is 1. The molecule has 0 spiro atoms. The van der Waals surface area contributed by atoms with Crippen molar-refractivity contribution < 1.29 is 19.1 Å². The number of aromatic nitrogens is 2. The van der Waals surface area contributed by atoms with Crippen LogP contribution in [0.2, 0.25) is 5.02 Å². The van der Waals surface area contributed by atoms with Crippen molar-refractivity contribution in [3.05, 3.63) is 94.4 Å². The average molecular weight is 492 g/mol. The Kier molecular flexibility index (Phi) is 7.67. The Hall–Kier alpha value is -3.84. The third kappa shape index (κ3) is 6.39. The number of benzene rings is 3. The second-order valence-corrected chi connectivity index (χ2v) is 8.58. The molecule has 0 unspecified atom stereocenters. The van der Waals surface area contributed by atoms with Crippen LogP contribution in [0.15, 0.2) is 66.7 Å². The molecule has 8 heteroatoms. The lowest BCUT2D eigenvalue weighted by atomic mass is 10.0. The number of hydrogen-bond acceptors (Lipinski definition) is 4. The highest BCUT2D eigenvalue weighted by atomic mass is 35.5. The lowest BCUT2D eigenvalue weighted by Gasteiger charge is -2.11. The van der Waals surface area contributed by atoms with Gasteiger partial charge in [-0.15, -0.1) is 0 Å². The van der Waals surface area contributed by atoms with E-state index in [9.17, 15) is 14.0 Å². The minimum atomic E-state index is -0.846. The van der Waals surface area contributed by atoms with E-state index < -0.39 is 5.97 Å². The molecule has 1 aromatic heterocycles. The molecule has 1 amide bonds. The summed E-state index contributed by atoms with van der Waals surface area (Å²) in [5.74, 6) is -1.44. The van der Waals surface area contributed by atoms with E-state index in [0.717, 1.165) is 11.1 Å². The molecule has 35 heavy (non-hydrogen) atoms. The van der Waals surface area contributed by atoms with Crippen molar-refractivity contribution in [3.8, 4) is 11.3 Å². The fraction of sp³-hybridized carbons (Fsp3) is 0.185. The molecule has 178 valence electrons. The fourth-order valence-electron chi connectivity index (χ4n) is 3.75. The number of carboxylic acids is 1. The fourth-order valence-corrected chi connectivity index (χ4v) is 3.96. The van der Waals surface area contributed by atoms with Gasteiger partial charge in [0.15, 0.2) is 0 Å². The van der Waals surface area contributed by atoms with Crippen molar-refractivity contribution in [3.63, 3.8) is 0 Å². The van der Waals surface area contributed by atoms with Gasteiger partial charge in [-0.25, -0.2) is 14.4 Å². The van der Waals surface area contributed by atoms with E-state index in [2.05, 4.69) is 5.32 Å². The minimum absolute atomic E-state index is 0.0733.